The fourth-order valence-corrected chi connectivity index (χ4v) is 4.65. The van der Waals surface area contributed by atoms with E-state index < -0.39 is 15.6 Å². The molecule has 0 amide bonds. The van der Waals surface area contributed by atoms with Gasteiger partial charge in [0.25, 0.3) is 0 Å². The molecule has 0 bridgehead atoms. The first kappa shape index (κ1) is 17.1. The average molecular weight is 368 g/mol. The number of rotatable bonds is 6. The van der Waals surface area contributed by atoms with E-state index in [1.807, 2.05) is 6.07 Å². The Bertz CT molecular complexity index is 863. The summed E-state index contributed by atoms with van der Waals surface area (Å²) in [5, 5.41) is 0.202. The zero-order valence-corrected chi connectivity index (χ0v) is 14.9. The van der Waals surface area contributed by atoms with Crippen LogP contribution in [0.1, 0.15) is 18.4 Å². The van der Waals surface area contributed by atoms with Crippen LogP contribution in [0, 0.1) is 0 Å². The molecule has 2 aromatic rings. The van der Waals surface area contributed by atoms with Gasteiger partial charge >= 0.3 is 0 Å². The van der Waals surface area contributed by atoms with Crippen LogP contribution in [0.25, 0.3) is 0 Å². The van der Waals surface area contributed by atoms with Crippen molar-refractivity contribution in [3.8, 4) is 11.5 Å². The molecule has 1 fully saturated rings. The summed E-state index contributed by atoms with van der Waals surface area (Å²) in [5.41, 5.74) is 0.216. The van der Waals surface area contributed by atoms with E-state index in [4.69, 9.17) is 21.1 Å². The molecule has 0 atom stereocenters. The second kappa shape index (κ2) is 6.27. The summed E-state index contributed by atoms with van der Waals surface area (Å²) >= 11 is 6.04. The van der Waals surface area contributed by atoms with Crippen LogP contribution in [-0.2, 0) is 15.6 Å². The van der Waals surface area contributed by atoms with Gasteiger partial charge in [-0.3, -0.25) is 0 Å². The summed E-state index contributed by atoms with van der Waals surface area (Å²) in [6, 6.07) is 11.8. The van der Waals surface area contributed by atoms with E-state index in [9.17, 15) is 8.42 Å². The number of nitrogens with one attached hydrogen (secondary N) is 1. The second-order valence-corrected chi connectivity index (χ2v) is 7.75. The molecule has 128 valence electrons. The van der Waals surface area contributed by atoms with E-state index in [0.29, 0.717) is 24.3 Å². The minimum Gasteiger partial charge on any atom is -0.493 e. The Balaban J connectivity index is 1.94. The van der Waals surface area contributed by atoms with E-state index in [1.165, 1.54) is 6.07 Å². The third-order valence-corrected chi connectivity index (χ3v) is 6.18. The number of hydrogen-bond acceptors (Lipinski definition) is 4. The molecule has 3 rings (SSSR count). The van der Waals surface area contributed by atoms with Gasteiger partial charge in [-0.15, -0.1) is 0 Å². The summed E-state index contributed by atoms with van der Waals surface area (Å²) in [6.07, 6.45) is 1.43. The number of halogens is 1. The predicted octanol–water partition coefficient (Wildman–Crippen LogP) is 3.32. The standard InChI is InChI=1S/C17H18ClNO4S/c1-22-14-8-7-12(11-15(14)23-2)17(9-10-17)19-24(20,21)16-6-4-3-5-13(16)18/h3-8,11,19H,9-10H2,1-2H3. The SMILES string of the molecule is COc1ccc(C2(NS(=O)(=O)c3ccccc3Cl)CC2)cc1OC. The normalized spacial score (nSPS) is 15.8. The van der Waals surface area contributed by atoms with Crippen molar-refractivity contribution in [2.75, 3.05) is 14.2 Å². The van der Waals surface area contributed by atoms with Gasteiger partial charge in [0.05, 0.1) is 24.8 Å². The smallest absolute Gasteiger partial charge is 0.242 e. The average Bonchev–Trinajstić information content (AvgIpc) is 3.34. The predicted molar refractivity (Wildman–Crippen MR) is 92.2 cm³/mol. The Kier molecular flexibility index (Phi) is 4.46. The second-order valence-electron chi connectivity index (χ2n) is 5.69. The van der Waals surface area contributed by atoms with Crippen molar-refractivity contribution in [3.63, 3.8) is 0 Å². The molecule has 5 nitrogen and oxygen atoms in total. The molecule has 1 aliphatic rings. The fraction of sp³-hybridized carbons (Fsp3) is 0.294. The molecule has 0 aromatic heterocycles. The van der Waals surface area contributed by atoms with Crippen LogP contribution < -0.4 is 14.2 Å². The molecule has 2 aromatic carbocycles. The summed E-state index contributed by atoms with van der Waals surface area (Å²) in [6.45, 7) is 0. The molecule has 1 saturated carbocycles. The van der Waals surface area contributed by atoms with Crippen LogP contribution in [0.15, 0.2) is 47.4 Å². The Morgan fingerprint density at radius 2 is 1.71 bits per heavy atom. The quantitative estimate of drug-likeness (QED) is 0.850. The molecule has 1 aliphatic carbocycles. The number of hydrogen-bond donors (Lipinski definition) is 1. The zero-order chi connectivity index (χ0) is 17.4. The molecule has 1 N–H and O–H groups in total. The minimum atomic E-state index is -3.72. The maximum atomic E-state index is 12.7. The van der Waals surface area contributed by atoms with Crippen LogP contribution >= 0.6 is 11.6 Å². The largest absolute Gasteiger partial charge is 0.493 e. The highest BCUT2D eigenvalue weighted by molar-refractivity contribution is 7.89. The van der Waals surface area contributed by atoms with Gasteiger partial charge in [0, 0.05) is 0 Å². The highest BCUT2D eigenvalue weighted by atomic mass is 35.5. The topological polar surface area (TPSA) is 64.6 Å². The van der Waals surface area contributed by atoms with E-state index in [0.717, 1.165) is 5.56 Å². The third kappa shape index (κ3) is 3.09. The number of benzene rings is 2. The van der Waals surface area contributed by atoms with Crippen molar-refractivity contribution < 1.29 is 17.9 Å². The van der Waals surface area contributed by atoms with E-state index in [-0.39, 0.29) is 9.92 Å². The van der Waals surface area contributed by atoms with E-state index in [1.54, 1.807) is 44.6 Å². The molecule has 0 unspecified atom stereocenters. The highest BCUT2D eigenvalue weighted by Crippen LogP contribution is 2.48. The Hall–Kier alpha value is -1.76. The molecule has 7 heteroatoms. The fourth-order valence-electron chi connectivity index (χ4n) is 2.68. The van der Waals surface area contributed by atoms with Crippen LogP contribution in [0.2, 0.25) is 5.02 Å². The lowest BCUT2D eigenvalue weighted by atomic mass is 10.1. The first-order chi connectivity index (χ1) is 11.4. The van der Waals surface area contributed by atoms with Crippen molar-refractivity contribution in [1.82, 2.24) is 4.72 Å². The molecule has 24 heavy (non-hydrogen) atoms. The summed E-state index contributed by atoms with van der Waals surface area (Å²) < 4.78 is 38.8. The third-order valence-electron chi connectivity index (χ3n) is 4.14. The first-order valence-electron chi connectivity index (χ1n) is 7.43. The monoisotopic (exact) mass is 367 g/mol. The van der Waals surface area contributed by atoms with Crippen LogP contribution in [0.4, 0.5) is 0 Å². The Labute approximate surface area is 146 Å². The van der Waals surface area contributed by atoms with Crippen molar-refractivity contribution in [2.24, 2.45) is 0 Å². The van der Waals surface area contributed by atoms with Gasteiger partial charge in [-0.25, -0.2) is 13.1 Å². The maximum Gasteiger partial charge on any atom is 0.242 e. The van der Waals surface area contributed by atoms with Crippen LogP contribution in [0.3, 0.4) is 0 Å². The van der Waals surface area contributed by atoms with Gasteiger partial charge in [0.1, 0.15) is 4.90 Å². The van der Waals surface area contributed by atoms with Crippen molar-refractivity contribution >= 4 is 21.6 Å². The molecule has 0 aliphatic heterocycles. The molecule has 0 radical (unpaired) electrons. The van der Waals surface area contributed by atoms with E-state index in [2.05, 4.69) is 4.72 Å². The van der Waals surface area contributed by atoms with Gasteiger partial charge < -0.3 is 9.47 Å². The number of sulfonamides is 1. The molecule has 0 heterocycles. The van der Waals surface area contributed by atoms with Gasteiger partial charge in [-0.2, -0.15) is 0 Å². The highest BCUT2D eigenvalue weighted by Gasteiger charge is 2.48. The van der Waals surface area contributed by atoms with Crippen molar-refractivity contribution in [1.29, 1.82) is 0 Å². The summed E-state index contributed by atoms with van der Waals surface area (Å²) in [7, 11) is -0.613. The van der Waals surface area contributed by atoms with Crippen molar-refractivity contribution in [2.45, 2.75) is 23.3 Å². The van der Waals surface area contributed by atoms with Crippen LogP contribution in [0.5, 0.6) is 11.5 Å². The van der Waals surface area contributed by atoms with Gasteiger partial charge in [0.2, 0.25) is 10.0 Å². The lowest BCUT2D eigenvalue weighted by Crippen LogP contribution is -2.35. The van der Waals surface area contributed by atoms with Crippen molar-refractivity contribution in [3.05, 3.63) is 53.1 Å². The molecule has 0 saturated heterocycles. The lowest BCUT2D eigenvalue weighted by Gasteiger charge is -2.20. The molecular weight excluding hydrogens is 350 g/mol. The van der Waals surface area contributed by atoms with Gasteiger partial charge in [-0.05, 0) is 42.7 Å². The number of methoxy groups -OCH3 is 2. The Morgan fingerprint density at radius 3 is 2.29 bits per heavy atom. The molecular formula is C17H18ClNO4S. The van der Waals surface area contributed by atoms with E-state index >= 15 is 0 Å². The number of ether oxygens (including phenoxy) is 2. The van der Waals surface area contributed by atoms with Gasteiger partial charge in [-0.1, -0.05) is 29.8 Å². The summed E-state index contributed by atoms with van der Waals surface area (Å²) in [5.74, 6) is 1.17. The minimum absolute atomic E-state index is 0.0819. The van der Waals surface area contributed by atoms with Crippen LogP contribution in [-0.4, -0.2) is 22.6 Å². The first-order valence-corrected chi connectivity index (χ1v) is 9.29. The Morgan fingerprint density at radius 1 is 1.04 bits per heavy atom. The summed E-state index contributed by atoms with van der Waals surface area (Å²) in [4.78, 5) is 0.0819. The van der Waals surface area contributed by atoms with Gasteiger partial charge in [0.15, 0.2) is 11.5 Å². The zero-order valence-electron chi connectivity index (χ0n) is 13.4. The lowest BCUT2D eigenvalue weighted by molar-refractivity contribution is 0.354. The molecule has 0 spiro atoms. The maximum absolute atomic E-state index is 12.7.